The van der Waals surface area contributed by atoms with Crippen molar-refractivity contribution in [3.8, 4) is 0 Å². The molecular weight excluding hydrogens is 178 g/mol. The van der Waals surface area contributed by atoms with E-state index >= 15 is 0 Å². The summed E-state index contributed by atoms with van der Waals surface area (Å²) in [6, 6.07) is 9.65. The highest BCUT2D eigenvalue weighted by Crippen LogP contribution is 1.97. The molecule has 14 heavy (non-hydrogen) atoms. The van der Waals surface area contributed by atoms with Gasteiger partial charge in [0.2, 0.25) is 0 Å². The summed E-state index contributed by atoms with van der Waals surface area (Å²) in [5.74, 6) is -0.111. The van der Waals surface area contributed by atoms with Gasteiger partial charge in [-0.25, -0.2) is 0 Å². The standard InChI is InChI=1S/C11H14NO2/c1-9(13)7-8-12-11(14)10-5-3-2-4-6-10/h3-6,9,13H,7-8H2,1H3,(H,12,14). The molecular formula is C11H14NO2. The zero-order chi connectivity index (χ0) is 10.4. The largest absolute Gasteiger partial charge is 0.393 e. The Bertz CT molecular complexity index is 283. The van der Waals surface area contributed by atoms with Gasteiger partial charge < -0.3 is 10.4 Å². The highest BCUT2D eigenvalue weighted by molar-refractivity contribution is 5.94. The number of nitrogens with one attached hydrogen (secondary N) is 1. The van der Waals surface area contributed by atoms with Crippen molar-refractivity contribution in [1.82, 2.24) is 5.32 Å². The molecule has 75 valence electrons. The zero-order valence-electron chi connectivity index (χ0n) is 8.16. The summed E-state index contributed by atoms with van der Waals surface area (Å²) in [4.78, 5) is 11.4. The van der Waals surface area contributed by atoms with Gasteiger partial charge in [0.05, 0.1) is 6.10 Å². The number of benzene rings is 1. The fourth-order valence-electron chi connectivity index (χ4n) is 1.03. The van der Waals surface area contributed by atoms with Crippen molar-refractivity contribution in [1.29, 1.82) is 0 Å². The molecule has 1 radical (unpaired) electrons. The molecule has 0 saturated carbocycles. The molecule has 1 aromatic rings. The fourth-order valence-corrected chi connectivity index (χ4v) is 1.03. The molecule has 0 aliphatic heterocycles. The van der Waals surface area contributed by atoms with Gasteiger partial charge in [0.25, 0.3) is 5.91 Å². The van der Waals surface area contributed by atoms with Crippen LogP contribution in [0.5, 0.6) is 0 Å². The summed E-state index contributed by atoms with van der Waals surface area (Å²) >= 11 is 0. The third kappa shape index (κ3) is 3.58. The Balaban J connectivity index is 2.36. The van der Waals surface area contributed by atoms with Crippen molar-refractivity contribution in [3.05, 3.63) is 35.9 Å². The van der Waals surface area contributed by atoms with Crippen molar-refractivity contribution in [2.24, 2.45) is 0 Å². The highest BCUT2D eigenvalue weighted by Gasteiger charge is 2.03. The lowest BCUT2D eigenvalue weighted by Gasteiger charge is -2.06. The van der Waals surface area contributed by atoms with Crippen LogP contribution in [0.4, 0.5) is 0 Å². The van der Waals surface area contributed by atoms with Crippen LogP contribution >= 0.6 is 0 Å². The van der Waals surface area contributed by atoms with Gasteiger partial charge in [-0.05, 0) is 31.5 Å². The minimum atomic E-state index is -0.376. The maximum absolute atomic E-state index is 11.4. The molecule has 3 nitrogen and oxygen atoms in total. The zero-order valence-corrected chi connectivity index (χ0v) is 8.16. The lowest BCUT2D eigenvalue weighted by atomic mass is 10.2. The summed E-state index contributed by atoms with van der Waals surface area (Å²) in [7, 11) is 0. The van der Waals surface area contributed by atoms with Crippen LogP contribution in [0.15, 0.2) is 24.3 Å². The minimum Gasteiger partial charge on any atom is -0.393 e. The third-order valence-electron chi connectivity index (χ3n) is 1.83. The minimum absolute atomic E-state index is 0.111. The number of aliphatic hydroxyl groups is 1. The molecule has 1 aromatic carbocycles. The first-order valence-corrected chi connectivity index (χ1v) is 4.62. The van der Waals surface area contributed by atoms with Crippen molar-refractivity contribution >= 4 is 5.91 Å². The smallest absolute Gasteiger partial charge is 0.251 e. The Labute approximate surface area is 83.8 Å². The van der Waals surface area contributed by atoms with E-state index in [0.29, 0.717) is 18.5 Å². The summed E-state index contributed by atoms with van der Waals surface area (Å²) in [5, 5.41) is 11.7. The number of carbonyl (C=O) groups is 1. The number of amides is 1. The van der Waals surface area contributed by atoms with Crippen LogP contribution in [0, 0.1) is 6.07 Å². The molecule has 0 bridgehead atoms. The molecule has 3 heteroatoms. The van der Waals surface area contributed by atoms with Crippen LogP contribution in [0.25, 0.3) is 0 Å². The molecule has 0 aromatic heterocycles. The predicted molar refractivity (Wildman–Crippen MR) is 53.9 cm³/mol. The normalized spacial score (nSPS) is 12.1. The van der Waals surface area contributed by atoms with Crippen molar-refractivity contribution in [3.63, 3.8) is 0 Å². The van der Waals surface area contributed by atoms with Crippen LogP contribution in [0.2, 0.25) is 0 Å². The molecule has 0 heterocycles. The van der Waals surface area contributed by atoms with Gasteiger partial charge in [-0.15, -0.1) is 0 Å². The Morgan fingerprint density at radius 1 is 1.57 bits per heavy atom. The molecule has 1 atom stereocenters. The Hall–Kier alpha value is -1.35. The maximum atomic E-state index is 11.4. The van der Waals surface area contributed by atoms with Gasteiger partial charge in [0.15, 0.2) is 0 Å². The van der Waals surface area contributed by atoms with Crippen molar-refractivity contribution < 1.29 is 9.90 Å². The fraction of sp³-hybridized carbons (Fsp3) is 0.364. The summed E-state index contributed by atoms with van der Waals surface area (Å²) in [5.41, 5.74) is 0.620. The Kier molecular flexibility index (Phi) is 4.13. The lowest BCUT2D eigenvalue weighted by molar-refractivity contribution is 0.0945. The number of hydrogen-bond donors (Lipinski definition) is 2. The summed E-state index contributed by atoms with van der Waals surface area (Å²) in [6.45, 7) is 2.19. The highest BCUT2D eigenvalue weighted by atomic mass is 16.3. The molecule has 0 aliphatic carbocycles. The van der Waals surface area contributed by atoms with Crippen LogP contribution in [0.1, 0.15) is 23.7 Å². The summed E-state index contributed by atoms with van der Waals surface area (Å²) in [6.07, 6.45) is 0.199. The van der Waals surface area contributed by atoms with Crippen LogP contribution in [-0.4, -0.2) is 23.7 Å². The van der Waals surface area contributed by atoms with Gasteiger partial charge in [-0.2, -0.15) is 0 Å². The first kappa shape index (κ1) is 10.7. The molecule has 1 unspecified atom stereocenters. The maximum Gasteiger partial charge on any atom is 0.251 e. The molecule has 0 aliphatic rings. The van der Waals surface area contributed by atoms with E-state index in [1.807, 2.05) is 0 Å². The molecule has 0 saturated heterocycles. The molecule has 0 fully saturated rings. The molecule has 0 spiro atoms. The SMILES string of the molecule is CC(O)CCNC(=O)c1cc[c]cc1. The monoisotopic (exact) mass is 192 g/mol. The van der Waals surface area contributed by atoms with Crippen LogP contribution in [0.3, 0.4) is 0 Å². The second-order valence-electron chi connectivity index (χ2n) is 3.18. The van der Waals surface area contributed by atoms with Gasteiger partial charge in [0, 0.05) is 12.1 Å². The molecule has 1 rings (SSSR count). The van der Waals surface area contributed by atoms with Crippen LogP contribution in [-0.2, 0) is 0 Å². The number of aliphatic hydroxyl groups excluding tert-OH is 1. The van der Waals surface area contributed by atoms with E-state index in [4.69, 9.17) is 5.11 Å². The topological polar surface area (TPSA) is 49.3 Å². The van der Waals surface area contributed by atoms with Crippen LogP contribution < -0.4 is 5.32 Å². The van der Waals surface area contributed by atoms with Gasteiger partial charge in [-0.1, -0.05) is 12.1 Å². The van der Waals surface area contributed by atoms with Crippen molar-refractivity contribution in [2.45, 2.75) is 19.4 Å². The third-order valence-corrected chi connectivity index (χ3v) is 1.83. The van der Waals surface area contributed by atoms with Gasteiger partial charge in [-0.3, -0.25) is 4.79 Å². The van der Waals surface area contributed by atoms with Gasteiger partial charge in [0.1, 0.15) is 0 Å². The average molecular weight is 192 g/mol. The molecule has 2 N–H and O–H groups in total. The van der Waals surface area contributed by atoms with E-state index in [2.05, 4.69) is 11.4 Å². The first-order valence-electron chi connectivity index (χ1n) is 4.62. The Morgan fingerprint density at radius 3 is 2.79 bits per heavy atom. The van der Waals surface area contributed by atoms with Crippen molar-refractivity contribution in [2.75, 3.05) is 6.54 Å². The quantitative estimate of drug-likeness (QED) is 0.747. The number of carbonyl (C=O) groups excluding carboxylic acids is 1. The number of rotatable bonds is 4. The number of hydrogen-bond acceptors (Lipinski definition) is 2. The average Bonchev–Trinajstić information content (AvgIpc) is 2.18. The van der Waals surface area contributed by atoms with Gasteiger partial charge >= 0.3 is 0 Å². The van der Waals surface area contributed by atoms with E-state index in [9.17, 15) is 4.79 Å². The lowest BCUT2D eigenvalue weighted by Crippen LogP contribution is -2.26. The van der Waals surface area contributed by atoms with E-state index in [1.54, 1.807) is 31.2 Å². The Morgan fingerprint density at radius 2 is 2.21 bits per heavy atom. The second-order valence-corrected chi connectivity index (χ2v) is 3.18. The van der Waals surface area contributed by atoms with E-state index in [1.165, 1.54) is 0 Å². The molecule has 1 amide bonds. The van der Waals surface area contributed by atoms with E-state index in [-0.39, 0.29) is 12.0 Å². The van der Waals surface area contributed by atoms with E-state index < -0.39 is 0 Å². The first-order chi connectivity index (χ1) is 6.70. The second kappa shape index (κ2) is 5.40. The van der Waals surface area contributed by atoms with E-state index in [0.717, 1.165) is 0 Å². The predicted octanol–water partition coefficient (Wildman–Crippen LogP) is 0.987. The summed E-state index contributed by atoms with van der Waals surface area (Å²) < 4.78 is 0.